The van der Waals surface area contributed by atoms with E-state index in [2.05, 4.69) is 26.0 Å². The summed E-state index contributed by atoms with van der Waals surface area (Å²) in [5, 5.41) is 8.92. The summed E-state index contributed by atoms with van der Waals surface area (Å²) in [6, 6.07) is -1.47. The highest BCUT2D eigenvalue weighted by Crippen LogP contribution is 2.43. The summed E-state index contributed by atoms with van der Waals surface area (Å²) in [6.45, 7) is 3.93. The lowest BCUT2D eigenvalue weighted by molar-refractivity contribution is -0.154. The zero-order valence-electron chi connectivity index (χ0n) is 38.4. The number of nitrogens with two attached hydrogens (primary N) is 1. The molecule has 0 bridgehead atoms. The van der Waals surface area contributed by atoms with Crippen molar-refractivity contribution in [3.63, 3.8) is 0 Å². The van der Waals surface area contributed by atoms with Crippen LogP contribution in [0.4, 0.5) is 0 Å². The average Bonchev–Trinajstić information content (AvgIpc) is 3.21. The van der Waals surface area contributed by atoms with E-state index in [4.69, 9.17) is 29.4 Å². The lowest BCUT2D eigenvalue weighted by atomic mass is 10.0. The molecule has 0 amide bonds. The van der Waals surface area contributed by atoms with Crippen molar-refractivity contribution in [2.45, 2.75) is 257 Å². The number of carboxylic acid groups (broad SMARTS) is 1. The SMILES string of the molecule is CCCCCCCCC/C=C\CCCCCCCCCCOCC(COP(=O)(O)OCC(N)C(=O)O)OC(=O)CCCCCCCCCCCCCCCCCCCC. The number of aliphatic carboxylic acids is 1. The van der Waals surface area contributed by atoms with Crippen LogP contribution >= 0.6 is 7.82 Å². The second-order valence-electron chi connectivity index (χ2n) is 17.0. The van der Waals surface area contributed by atoms with Crippen molar-refractivity contribution < 1.29 is 42.7 Å². The summed E-state index contributed by atoms with van der Waals surface area (Å²) < 4.78 is 33.5. The maximum atomic E-state index is 12.7. The van der Waals surface area contributed by atoms with E-state index < -0.39 is 45.1 Å². The van der Waals surface area contributed by atoms with Crippen LogP contribution in [0.25, 0.3) is 0 Å². The van der Waals surface area contributed by atoms with E-state index in [9.17, 15) is 19.0 Å². The molecule has 59 heavy (non-hydrogen) atoms. The molecule has 0 aromatic heterocycles. The molecule has 0 aromatic rings. The van der Waals surface area contributed by atoms with Gasteiger partial charge in [-0.1, -0.05) is 212 Å². The topological polar surface area (TPSA) is 155 Å². The quantitative estimate of drug-likeness (QED) is 0.0233. The third-order valence-corrected chi connectivity index (χ3v) is 12.0. The summed E-state index contributed by atoms with van der Waals surface area (Å²) in [5.41, 5.74) is 5.37. The highest BCUT2D eigenvalue weighted by Gasteiger charge is 2.27. The van der Waals surface area contributed by atoms with Gasteiger partial charge in [0.15, 0.2) is 0 Å². The Morgan fingerprint density at radius 2 is 0.881 bits per heavy atom. The lowest BCUT2D eigenvalue weighted by Gasteiger charge is -2.20. The molecule has 0 spiro atoms. The first-order chi connectivity index (χ1) is 28.7. The second kappa shape index (κ2) is 44.8. The van der Waals surface area contributed by atoms with E-state index in [1.807, 2.05) is 0 Å². The Morgan fingerprint density at radius 1 is 0.525 bits per heavy atom. The van der Waals surface area contributed by atoms with Gasteiger partial charge in [-0.3, -0.25) is 18.6 Å². The molecule has 0 saturated carbocycles. The van der Waals surface area contributed by atoms with Gasteiger partial charge in [0.1, 0.15) is 12.1 Å². The number of phosphoric acid groups is 1. The smallest absolute Gasteiger partial charge is 0.472 e. The average molecular weight is 860 g/mol. The van der Waals surface area contributed by atoms with Gasteiger partial charge in [0, 0.05) is 13.0 Å². The first kappa shape index (κ1) is 57.7. The molecule has 0 aliphatic rings. The van der Waals surface area contributed by atoms with Crippen LogP contribution in [-0.2, 0) is 32.7 Å². The second-order valence-corrected chi connectivity index (χ2v) is 18.4. The molecule has 0 saturated heterocycles. The first-order valence-electron chi connectivity index (χ1n) is 24.7. The Bertz CT molecular complexity index is 998. The molecule has 4 N–H and O–H groups in total. The Morgan fingerprint density at radius 3 is 1.29 bits per heavy atom. The molecule has 0 rings (SSSR count). The molecule has 0 heterocycles. The molecule has 3 unspecified atom stereocenters. The zero-order chi connectivity index (χ0) is 43.3. The van der Waals surface area contributed by atoms with Crippen LogP contribution in [0.2, 0.25) is 0 Å². The fourth-order valence-electron chi connectivity index (χ4n) is 7.19. The number of carboxylic acids is 1. The van der Waals surface area contributed by atoms with Crippen LogP contribution in [0.3, 0.4) is 0 Å². The van der Waals surface area contributed by atoms with Gasteiger partial charge in [-0.15, -0.1) is 0 Å². The van der Waals surface area contributed by atoms with E-state index in [0.29, 0.717) is 6.61 Å². The summed E-state index contributed by atoms with van der Waals surface area (Å²) >= 11 is 0. The summed E-state index contributed by atoms with van der Waals surface area (Å²) in [5.74, 6) is -1.77. The van der Waals surface area contributed by atoms with Crippen LogP contribution in [0.5, 0.6) is 0 Å². The predicted molar refractivity (Wildman–Crippen MR) is 245 cm³/mol. The third-order valence-electron chi connectivity index (χ3n) is 11.0. The highest BCUT2D eigenvalue weighted by molar-refractivity contribution is 7.47. The van der Waals surface area contributed by atoms with Crippen LogP contribution in [-0.4, -0.2) is 60.5 Å². The molecule has 10 nitrogen and oxygen atoms in total. The number of hydrogen-bond donors (Lipinski definition) is 3. The minimum Gasteiger partial charge on any atom is -0.480 e. The van der Waals surface area contributed by atoms with Gasteiger partial charge >= 0.3 is 19.8 Å². The molecular formula is C48H94NO9P. The molecule has 0 aliphatic carbocycles. The van der Waals surface area contributed by atoms with E-state index in [-0.39, 0.29) is 13.0 Å². The largest absolute Gasteiger partial charge is 0.480 e. The number of phosphoric ester groups is 1. The highest BCUT2D eigenvalue weighted by atomic mass is 31.2. The van der Waals surface area contributed by atoms with Crippen molar-refractivity contribution in [2.75, 3.05) is 26.4 Å². The molecule has 0 radical (unpaired) electrons. The van der Waals surface area contributed by atoms with Crippen LogP contribution < -0.4 is 5.73 Å². The Kier molecular flexibility index (Phi) is 43.8. The Labute approximate surface area is 362 Å². The van der Waals surface area contributed by atoms with Gasteiger partial charge in [0.2, 0.25) is 0 Å². The lowest BCUT2D eigenvalue weighted by Crippen LogP contribution is -2.34. The van der Waals surface area contributed by atoms with Gasteiger partial charge in [-0.25, -0.2) is 4.57 Å². The van der Waals surface area contributed by atoms with Gasteiger partial charge in [-0.05, 0) is 38.5 Å². The molecule has 11 heteroatoms. The predicted octanol–water partition coefficient (Wildman–Crippen LogP) is 14.1. The third kappa shape index (κ3) is 44.6. The van der Waals surface area contributed by atoms with Gasteiger partial charge in [0.25, 0.3) is 0 Å². The van der Waals surface area contributed by atoms with Crippen molar-refractivity contribution >= 4 is 19.8 Å². The maximum Gasteiger partial charge on any atom is 0.472 e. The van der Waals surface area contributed by atoms with Gasteiger partial charge in [-0.2, -0.15) is 0 Å². The normalized spacial score (nSPS) is 13.8. The summed E-state index contributed by atoms with van der Waals surface area (Å²) in [6.07, 6.45) is 48.3. The number of ether oxygens (including phenoxy) is 2. The zero-order valence-corrected chi connectivity index (χ0v) is 39.3. The van der Waals surface area contributed by atoms with E-state index in [1.54, 1.807) is 0 Å². The van der Waals surface area contributed by atoms with E-state index in [1.165, 1.54) is 186 Å². The molecular weight excluding hydrogens is 765 g/mol. The van der Waals surface area contributed by atoms with Crippen molar-refractivity contribution in [3.05, 3.63) is 12.2 Å². The summed E-state index contributed by atoms with van der Waals surface area (Å²) in [7, 11) is -4.62. The fraction of sp³-hybridized carbons (Fsp3) is 0.917. The summed E-state index contributed by atoms with van der Waals surface area (Å²) in [4.78, 5) is 33.6. The molecule has 0 aromatic carbocycles. The number of carbonyl (C=O) groups is 2. The van der Waals surface area contributed by atoms with Crippen LogP contribution in [0, 0.1) is 0 Å². The molecule has 0 fully saturated rings. The number of carbonyl (C=O) groups excluding carboxylic acids is 1. The minimum atomic E-state index is -4.62. The maximum absolute atomic E-state index is 12.7. The van der Waals surface area contributed by atoms with Crippen molar-refractivity contribution in [2.24, 2.45) is 5.73 Å². The van der Waals surface area contributed by atoms with E-state index in [0.717, 1.165) is 38.5 Å². The van der Waals surface area contributed by atoms with Crippen LogP contribution in [0.1, 0.15) is 245 Å². The number of rotatable bonds is 48. The van der Waals surface area contributed by atoms with Crippen molar-refractivity contribution in [1.29, 1.82) is 0 Å². The molecule has 0 aliphatic heterocycles. The van der Waals surface area contributed by atoms with Gasteiger partial charge < -0.3 is 25.2 Å². The Balaban J connectivity index is 4.13. The monoisotopic (exact) mass is 860 g/mol. The van der Waals surface area contributed by atoms with Crippen molar-refractivity contribution in [1.82, 2.24) is 0 Å². The number of unbranched alkanes of at least 4 members (excludes halogenated alkanes) is 32. The number of hydrogen-bond acceptors (Lipinski definition) is 8. The first-order valence-corrected chi connectivity index (χ1v) is 26.2. The fourth-order valence-corrected chi connectivity index (χ4v) is 7.97. The van der Waals surface area contributed by atoms with Crippen LogP contribution in [0.15, 0.2) is 12.2 Å². The molecule has 350 valence electrons. The Hall–Kier alpha value is -1.29. The number of esters is 1. The molecule has 3 atom stereocenters. The standard InChI is InChI=1S/C48H94NO9P/c1-3-5-7-9-11-13-15-17-19-21-23-25-27-29-31-33-35-37-39-41-55-42-45(43-56-59(53,54)57-44-46(49)48(51)52)58-47(50)40-38-36-34-32-30-28-26-24-22-20-18-16-14-12-10-8-6-4-2/h19,21,45-46H,3-18,20,22-44,49H2,1-2H3,(H,51,52)(H,53,54)/b21-19-. The van der Waals surface area contributed by atoms with Crippen molar-refractivity contribution in [3.8, 4) is 0 Å². The minimum absolute atomic E-state index is 0.0208. The number of allylic oxidation sites excluding steroid dienone is 2. The van der Waals surface area contributed by atoms with E-state index >= 15 is 0 Å². The van der Waals surface area contributed by atoms with Gasteiger partial charge in [0.05, 0.1) is 19.8 Å².